The van der Waals surface area contributed by atoms with Gasteiger partial charge in [0, 0.05) is 48.6 Å². The Labute approximate surface area is 162 Å². The van der Waals surface area contributed by atoms with Crippen molar-refractivity contribution in [1.82, 2.24) is 29.5 Å². The lowest BCUT2D eigenvalue weighted by atomic mass is 9.99. The van der Waals surface area contributed by atoms with Gasteiger partial charge in [-0.15, -0.1) is 5.10 Å². The summed E-state index contributed by atoms with van der Waals surface area (Å²) in [6, 6.07) is 7.90. The van der Waals surface area contributed by atoms with Crippen LogP contribution in [0.4, 0.5) is 0 Å². The molecule has 2 atom stereocenters. The van der Waals surface area contributed by atoms with Gasteiger partial charge in [-0.1, -0.05) is 6.07 Å². The number of hydrogen-bond acceptors (Lipinski definition) is 6. The maximum absolute atomic E-state index is 13.2. The number of pyridine rings is 1. The number of amides is 1. The maximum Gasteiger partial charge on any atom is 0.294 e. The Bertz CT molecular complexity index is 1020. The Balaban J connectivity index is 1.36. The first-order chi connectivity index (χ1) is 13.6. The number of nitrogens with zero attached hydrogens (tertiary/aromatic N) is 6. The maximum atomic E-state index is 13.2. The first kappa shape index (κ1) is 17.1. The van der Waals surface area contributed by atoms with Gasteiger partial charge in [0.1, 0.15) is 6.10 Å². The summed E-state index contributed by atoms with van der Waals surface area (Å²) in [5.41, 5.74) is 1.78. The average molecular weight is 378 g/mol. The molecule has 8 heteroatoms. The van der Waals surface area contributed by atoms with Crippen molar-refractivity contribution < 1.29 is 9.53 Å². The summed E-state index contributed by atoms with van der Waals surface area (Å²) in [5, 5.41) is 4.42. The number of fused-ring (bicyclic) bond motifs is 3. The second-order valence-electron chi connectivity index (χ2n) is 7.66. The lowest BCUT2D eigenvalue weighted by Crippen LogP contribution is -2.49. The second kappa shape index (κ2) is 6.54. The molecule has 8 nitrogen and oxygen atoms in total. The molecule has 0 saturated carbocycles. The summed E-state index contributed by atoms with van der Waals surface area (Å²) in [6.45, 7) is 3.85. The van der Waals surface area contributed by atoms with Gasteiger partial charge in [-0.2, -0.15) is 4.98 Å². The summed E-state index contributed by atoms with van der Waals surface area (Å²) in [7, 11) is 0. The van der Waals surface area contributed by atoms with E-state index in [1.165, 1.54) is 0 Å². The lowest BCUT2D eigenvalue weighted by Gasteiger charge is -2.38. The number of ether oxygens (including phenoxy) is 1. The average Bonchev–Trinajstić information content (AvgIpc) is 3.21. The fourth-order valence-electron chi connectivity index (χ4n) is 4.51. The highest BCUT2D eigenvalue weighted by Gasteiger charge is 2.45. The highest BCUT2D eigenvalue weighted by atomic mass is 16.5. The minimum Gasteiger partial charge on any atom is -0.474 e. The third-order valence-electron chi connectivity index (χ3n) is 5.66. The van der Waals surface area contributed by atoms with Crippen LogP contribution in [0.1, 0.15) is 47.7 Å². The molecule has 1 amide bonds. The van der Waals surface area contributed by atoms with Crippen molar-refractivity contribution in [3.05, 3.63) is 47.7 Å². The van der Waals surface area contributed by atoms with Crippen molar-refractivity contribution in [2.75, 3.05) is 0 Å². The summed E-state index contributed by atoms with van der Waals surface area (Å²) in [6.07, 6.45) is 5.41. The van der Waals surface area contributed by atoms with Crippen LogP contribution in [0.2, 0.25) is 0 Å². The zero-order chi connectivity index (χ0) is 19.3. The summed E-state index contributed by atoms with van der Waals surface area (Å²) >= 11 is 0. The number of aromatic nitrogens is 5. The number of hydrogen-bond donors (Lipinski definition) is 0. The summed E-state index contributed by atoms with van der Waals surface area (Å²) in [5.74, 6) is 1.24. The molecular formula is C20H22N6O2. The normalized spacial score (nSPS) is 23.9. The molecule has 2 aliphatic heterocycles. The van der Waals surface area contributed by atoms with Gasteiger partial charge in [0.05, 0.1) is 0 Å². The van der Waals surface area contributed by atoms with Crippen LogP contribution < -0.4 is 4.74 Å². The molecule has 2 fully saturated rings. The molecule has 0 radical (unpaired) electrons. The monoisotopic (exact) mass is 378 g/mol. The molecule has 0 spiro atoms. The van der Waals surface area contributed by atoms with Gasteiger partial charge in [0.2, 0.25) is 11.7 Å². The Morgan fingerprint density at radius 3 is 2.64 bits per heavy atom. The van der Waals surface area contributed by atoms with Gasteiger partial charge >= 0.3 is 0 Å². The smallest absolute Gasteiger partial charge is 0.294 e. The largest absolute Gasteiger partial charge is 0.474 e. The molecule has 5 rings (SSSR count). The van der Waals surface area contributed by atoms with Crippen LogP contribution in [0.15, 0.2) is 30.5 Å². The zero-order valence-electron chi connectivity index (χ0n) is 15.9. The summed E-state index contributed by atoms with van der Waals surface area (Å²) in [4.78, 5) is 28.2. The van der Waals surface area contributed by atoms with E-state index in [-0.39, 0.29) is 29.9 Å². The predicted molar refractivity (Wildman–Crippen MR) is 101 cm³/mol. The Morgan fingerprint density at radius 1 is 1.14 bits per heavy atom. The number of carbonyl (C=O) groups excluding carboxylic acids is 1. The highest BCUT2D eigenvalue weighted by Crippen LogP contribution is 2.37. The molecular weight excluding hydrogens is 356 g/mol. The predicted octanol–water partition coefficient (Wildman–Crippen LogP) is 2.35. The van der Waals surface area contributed by atoms with Gasteiger partial charge in [0.25, 0.3) is 11.7 Å². The van der Waals surface area contributed by atoms with Crippen LogP contribution in [0.3, 0.4) is 0 Å². The van der Waals surface area contributed by atoms with Gasteiger partial charge in [-0.05, 0) is 38.8 Å². The molecule has 2 bridgehead atoms. The first-order valence-electron chi connectivity index (χ1n) is 9.70. The second-order valence-corrected chi connectivity index (χ2v) is 7.66. The standard InChI is InChI=1S/C20H22N6O2/c1-12-9-13(2)26-20(22-12)23-18(24-26)19(27)25-14-6-7-15(25)11-16(10-14)28-17-5-3-4-8-21-17/h3-5,8-9,14-16H,6-7,10-11H2,1-2H3. The van der Waals surface area contributed by atoms with Crippen LogP contribution in [0, 0.1) is 13.8 Å². The van der Waals surface area contributed by atoms with Gasteiger partial charge in [-0.25, -0.2) is 14.5 Å². The molecule has 28 heavy (non-hydrogen) atoms. The van der Waals surface area contributed by atoms with Crippen molar-refractivity contribution in [2.24, 2.45) is 0 Å². The van der Waals surface area contributed by atoms with Crippen molar-refractivity contribution in [1.29, 1.82) is 0 Å². The minimum atomic E-state index is -0.105. The molecule has 2 unspecified atom stereocenters. The minimum absolute atomic E-state index is 0.0806. The Morgan fingerprint density at radius 2 is 1.93 bits per heavy atom. The van der Waals surface area contributed by atoms with Crippen LogP contribution >= 0.6 is 0 Å². The number of aryl methyl sites for hydroxylation is 2. The van der Waals surface area contributed by atoms with Crippen molar-refractivity contribution >= 4 is 11.7 Å². The molecule has 144 valence electrons. The lowest BCUT2D eigenvalue weighted by molar-refractivity contribution is 0.0338. The van der Waals surface area contributed by atoms with E-state index in [1.54, 1.807) is 10.7 Å². The van der Waals surface area contributed by atoms with E-state index in [9.17, 15) is 4.79 Å². The van der Waals surface area contributed by atoms with E-state index in [0.29, 0.717) is 11.7 Å². The van der Waals surface area contributed by atoms with Crippen molar-refractivity contribution in [3.63, 3.8) is 0 Å². The van der Waals surface area contributed by atoms with E-state index in [0.717, 1.165) is 37.1 Å². The summed E-state index contributed by atoms with van der Waals surface area (Å²) < 4.78 is 7.69. The molecule has 0 aromatic carbocycles. The molecule has 0 aliphatic carbocycles. The molecule has 0 N–H and O–H groups in total. The fourth-order valence-corrected chi connectivity index (χ4v) is 4.51. The Kier molecular flexibility index (Phi) is 3.99. The van der Waals surface area contributed by atoms with Crippen LogP contribution in [-0.4, -0.2) is 53.6 Å². The third kappa shape index (κ3) is 2.89. The van der Waals surface area contributed by atoms with Crippen LogP contribution in [0.25, 0.3) is 5.78 Å². The number of carbonyl (C=O) groups is 1. The molecule has 5 heterocycles. The van der Waals surface area contributed by atoms with Crippen molar-refractivity contribution in [3.8, 4) is 5.88 Å². The van der Waals surface area contributed by atoms with Gasteiger partial charge < -0.3 is 9.64 Å². The molecule has 3 aromatic heterocycles. The van der Waals surface area contributed by atoms with Crippen molar-refractivity contribution in [2.45, 2.75) is 57.7 Å². The number of piperidine rings is 1. The Hall–Kier alpha value is -3.03. The fraction of sp³-hybridized carbons (Fsp3) is 0.450. The molecule has 2 saturated heterocycles. The highest BCUT2D eigenvalue weighted by molar-refractivity contribution is 5.91. The third-order valence-corrected chi connectivity index (χ3v) is 5.66. The van der Waals surface area contributed by atoms with Gasteiger partial charge in [-0.3, -0.25) is 4.79 Å². The topological polar surface area (TPSA) is 85.5 Å². The molecule has 3 aromatic rings. The SMILES string of the molecule is Cc1cc(C)n2nc(C(=O)N3C4CCC3CC(Oc3ccccn3)C4)nc2n1. The zero-order valence-corrected chi connectivity index (χ0v) is 15.9. The first-order valence-corrected chi connectivity index (χ1v) is 9.70. The number of rotatable bonds is 3. The van der Waals surface area contributed by atoms with E-state index < -0.39 is 0 Å². The van der Waals surface area contributed by atoms with E-state index in [1.807, 2.05) is 43.0 Å². The van der Waals surface area contributed by atoms with E-state index in [2.05, 4.69) is 20.1 Å². The van der Waals surface area contributed by atoms with E-state index in [4.69, 9.17) is 4.74 Å². The quantitative estimate of drug-likeness (QED) is 0.695. The van der Waals surface area contributed by atoms with Gasteiger partial charge in [0.15, 0.2) is 0 Å². The van der Waals surface area contributed by atoms with Crippen LogP contribution in [0.5, 0.6) is 5.88 Å². The molecule has 2 aliphatic rings. The van der Waals surface area contributed by atoms with Crippen LogP contribution in [-0.2, 0) is 0 Å². The van der Waals surface area contributed by atoms with E-state index >= 15 is 0 Å².